The Morgan fingerprint density at radius 1 is 1.41 bits per heavy atom. The van der Waals surface area contributed by atoms with Gasteiger partial charge in [-0.15, -0.1) is 0 Å². The van der Waals surface area contributed by atoms with Crippen molar-refractivity contribution in [3.05, 3.63) is 28.2 Å². The molecule has 2 rings (SSSR count). The number of carbonyl (C=O) groups is 1. The Bertz CT molecular complexity index is 425. The number of nitrogens with zero attached hydrogens (tertiary/aromatic N) is 1. The maximum atomic E-state index is 12.3. The Kier molecular flexibility index (Phi) is 3.72. The van der Waals surface area contributed by atoms with Crippen LogP contribution in [0.3, 0.4) is 0 Å². The van der Waals surface area contributed by atoms with Gasteiger partial charge in [0, 0.05) is 23.2 Å². The molecule has 1 fully saturated rings. The van der Waals surface area contributed by atoms with E-state index in [-0.39, 0.29) is 5.91 Å². The van der Waals surface area contributed by atoms with Crippen molar-refractivity contribution < 1.29 is 4.79 Å². The minimum absolute atomic E-state index is 0.0516. The number of hydrogen-bond acceptors (Lipinski definition) is 2. The fourth-order valence-electron chi connectivity index (χ4n) is 2.10. The van der Waals surface area contributed by atoms with Crippen molar-refractivity contribution in [2.24, 2.45) is 5.92 Å². The summed E-state index contributed by atoms with van der Waals surface area (Å²) in [6, 6.07) is 5.42. The van der Waals surface area contributed by atoms with Gasteiger partial charge in [0.1, 0.15) is 0 Å². The summed E-state index contributed by atoms with van der Waals surface area (Å²) in [4.78, 5) is 14.2. The molecular formula is C13H17BrN2O. The van der Waals surface area contributed by atoms with Crippen LogP contribution >= 0.6 is 15.9 Å². The van der Waals surface area contributed by atoms with Crippen molar-refractivity contribution >= 4 is 27.5 Å². The third kappa shape index (κ3) is 2.80. The van der Waals surface area contributed by atoms with Gasteiger partial charge in [-0.2, -0.15) is 0 Å². The van der Waals surface area contributed by atoms with E-state index >= 15 is 0 Å². The third-order valence-electron chi connectivity index (χ3n) is 3.32. The van der Waals surface area contributed by atoms with Crippen molar-refractivity contribution in [3.63, 3.8) is 0 Å². The molecule has 0 aliphatic carbocycles. The van der Waals surface area contributed by atoms with Gasteiger partial charge in [0.05, 0.1) is 5.56 Å². The highest BCUT2D eigenvalue weighted by Gasteiger charge is 2.22. The second-order valence-corrected chi connectivity index (χ2v) is 5.62. The van der Waals surface area contributed by atoms with Crippen LogP contribution in [0.15, 0.2) is 22.7 Å². The van der Waals surface area contributed by atoms with E-state index in [4.69, 9.17) is 5.73 Å². The van der Waals surface area contributed by atoms with E-state index in [1.54, 1.807) is 12.1 Å². The summed E-state index contributed by atoms with van der Waals surface area (Å²) < 4.78 is 0.889. The molecule has 1 saturated heterocycles. The van der Waals surface area contributed by atoms with Crippen LogP contribution in [0.2, 0.25) is 0 Å². The predicted molar refractivity (Wildman–Crippen MR) is 72.9 cm³/mol. The molecule has 0 bridgehead atoms. The number of piperidine rings is 1. The number of nitrogen functional groups attached to an aromatic ring is 1. The molecule has 0 atom stereocenters. The Labute approximate surface area is 110 Å². The first kappa shape index (κ1) is 12.4. The van der Waals surface area contributed by atoms with E-state index in [1.807, 2.05) is 11.0 Å². The number of rotatable bonds is 1. The number of benzene rings is 1. The largest absolute Gasteiger partial charge is 0.398 e. The molecule has 1 aromatic carbocycles. The van der Waals surface area contributed by atoms with Crippen LogP contribution in [0.5, 0.6) is 0 Å². The summed E-state index contributed by atoms with van der Waals surface area (Å²) in [5.41, 5.74) is 7.01. The normalized spacial score (nSPS) is 17.2. The average molecular weight is 297 g/mol. The smallest absolute Gasteiger partial charge is 0.255 e. The fraction of sp³-hybridized carbons (Fsp3) is 0.462. The van der Waals surface area contributed by atoms with Gasteiger partial charge in [0.15, 0.2) is 0 Å². The zero-order valence-electron chi connectivity index (χ0n) is 9.95. The molecule has 0 saturated carbocycles. The molecule has 0 unspecified atom stereocenters. The number of anilines is 1. The number of likely N-dealkylation sites (tertiary alicyclic amines) is 1. The molecule has 3 nitrogen and oxygen atoms in total. The number of nitrogens with two attached hydrogens (primary N) is 1. The highest BCUT2D eigenvalue weighted by Crippen LogP contribution is 2.23. The quantitative estimate of drug-likeness (QED) is 0.810. The highest BCUT2D eigenvalue weighted by molar-refractivity contribution is 9.10. The van der Waals surface area contributed by atoms with Crippen LogP contribution in [0.25, 0.3) is 0 Å². The number of hydrogen-bond donors (Lipinski definition) is 1. The molecule has 1 heterocycles. The molecule has 92 valence electrons. The molecule has 1 aromatic rings. The van der Waals surface area contributed by atoms with E-state index in [0.29, 0.717) is 11.3 Å². The SMILES string of the molecule is CC1CCN(C(=O)c2cc(Br)ccc2N)CC1. The van der Waals surface area contributed by atoms with Crippen LogP contribution in [-0.4, -0.2) is 23.9 Å². The Balaban J connectivity index is 2.16. The highest BCUT2D eigenvalue weighted by atomic mass is 79.9. The topological polar surface area (TPSA) is 46.3 Å². The molecule has 0 spiro atoms. The summed E-state index contributed by atoms with van der Waals surface area (Å²) in [7, 11) is 0. The van der Waals surface area contributed by atoms with Gasteiger partial charge in [0.2, 0.25) is 0 Å². The van der Waals surface area contributed by atoms with Gasteiger partial charge in [-0.3, -0.25) is 4.79 Å². The van der Waals surface area contributed by atoms with Gasteiger partial charge >= 0.3 is 0 Å². The summed E-state index contributed by atoms with van der Waals surface area (Å²) >= 11 is 3.37. The fourth-order valence-corrected chi connectivity index (χ4v) is 2.46. The van der Waals surface area contributed by atoms with E-state index in [2.05, 4.69) is 22.9 Å². The van der Waals surface area contributed by atoms with Crippen molar-refractivity contribution in [2.45, 2.75) is 19.8 Å². The van der Waals surface area contributed by atoms with E-state index in [1.165, 1.54) is 0 Å². The number of halogens is 1. The molecule has 2 N–H and O–H groups in total. The van der Waals surface area contributed by atoms with E-state index in [0.717, 1.165) is 36.3 Å². The van der Waals surface area contributed by atoms with Crippen molar-refractivity contribution in [2.75, 3.05) is 18.8 Å². The molecule has 1 amide bonds. The molecule has 0 radical (unpaired) electrons. The monoisotopic (exact) mass is 296 g/mol. The molecule has 1 aliphatic heterocycles. The second-order valence-electron chi connectivity index (χ2n) is 4.71. The maximum Gasteiger partial charge on any atom is 0.255 e. The minimum atomic E-state index is 0.0516. The average Bonchev–Trinajstić information content (AvgIpc) is 2.32. The van der Waals surface area contributed by atoms with Gasteiger partial charge in [-0.25, -0.2) is 0 Å². The zero-order valence-corrected chi connectivity index (χ0v) is 11.5. The van der Waals surface area contributed by atoms with Gasteiger partial charge in [0.25, 0.3) is 5.91 Å². The molecule has 4 heteroatoms. The van der Waals surface area contributed by atoms with Gasteiger partial charge in [-0.1, -0.05) is 22.9 Å². The first-order chi connectivity index (χ1) is 8.08. The predicted octanol–water partition coefficient (Wildman–Crippen LogP) is 2.90. The van der Waals surface area contributed by atoms with Gasteiger partial charge < -0.3 is 10.6 Å². The van der Waals surface area contributed by atoms with Gasteiger partial charge in [-0.05, 0) is 37.0 Å². The van der Waals surface area contributed by atoms with E-state index in [9.17, 15) is 4.79 Å². The summed E-state index contributed by atoms with van der Waals surface area (Å²) in [6.07, 6.45) is 2.17. The Morgan fingerprint density at radius 2 is 2.06 bits per heavy atom. The van der Waals surface area contributed by atoms with Crippen LogP contribution in [0.1, 0.15) is 30.1 Å². The number of carbonyl (C=O) groups excluding carboxylic acids is 1. The zero-order chi connectivity index (χ0) is 12.4. The van der Waals surface area contributed by atoms with Crippen LogP contribution < -0.4 is 5.73 Å². The standard InChI is InChI=1S/C13H17BrN2O/c1-9-4-6-16(7-5-9)13(17)11-8-10(14)2-3-12(11)15/h2-3,8-9H,4-7,15H2,1H3. The lowest BCUT2D eigenvalue weighted by molar-refractivity contribution is 0.0698. The summed E-state index contributed by atoms with van der Waals surface area (Å²) in [5, 5.41) is 0. The maximum absolute atomic E-state index is 12.3. The van der Waals surface area contributed by atoms with Crippen molar-refractivity contribution in [3.8, 4) is 0 Å². The third-order valence-corrected chi connectivity index (χ3v) is 3.81. The molecule has 17 heavy (non-hydrogen) atoms. The second kappa shape index (κ2) is 5.08. The Morgan fingerprint density at radius 3 is 2.71 bits per heavy atom. The minimum Gasteiger partial charge on any atom is -0.398 e. The lowest BCUT2D eigenvalue weighted by Crippen LogP contribution is -2.38. The first-order valence-corrected chi connectivity index (χ1v) is 6.71. The first-order valence-electron chi connectivity index (χ1n) is 5.92. The molecule has 0 aromatic heterocycles. The van der Waals surface area contributed by atoms with Crippen molar-refractivity contribution in [1.82, 2.24) is 4.90 Å². The molecule has 1 aliphatic rings. The van der Waals surface area contributed by atoms with Crippen LogP contribution in [-0.2, 0) is 0 Å². The van der Waals surface area contributed by atoms with E-state index < -0.39 is 0 Å². The van der Waals surface area contributed by atoms with Crippen LogP contribution in [0.4, 0.5) is 5.69 Å². The lowest BCUT2D eigenvalue weighted by atomic mass is 9.98. The van der Waals surface area contributed by atoms with Crippen LogP contribution in [0, 0.1) is 5.92 Å². The lowest BCUT2D eigenvalue weighted by Gasteiger charge is -2.30. The summed E-state index contributed by atoms with van der Waals surface area (Å²) in [5.74, 6) is 0.773. The number of amides is 1. The Hall–Kier alpha value is -1.03. The van der Waals surface area contributed by atoms with Crippen molar-refractivity contribution in [1.29, 1.82) is 0 Å². The summed E-state index contributed by atoms with van der Waals surface area (Å²) in [6.45, 7) is 3.91. The molecular weight excluding hydrogens is 280 g/mol.